The highest BCUT2D eigenvalue weighted by molar-refractivity contribution is 5.84. The maximum absolute atomic E-state index is 10.8. The summed E-state index contributed by atoms with van der Waals surface area (Å²) >= 11 is 0. The smallest absolute Gasteiger partial charge is 0.269 e. The summed E-state index contributed by atoms with van der Waals surface area (Å²) in [5.74, 6) is 0. The van der Waals surface area contributed by atoms with E-state index < -0.39 is 0 Å². The molecule has 0 fully saturated rings. The highest BCUT2D eigenvalue weighted by Gasteiger charge is 2.08. The molecule has 3 aromatic rings. The Bertz CT molecular complexity index is 839. The zero-order valence-electron chi connectivity index (χ0n) is 13.0. The number of H-pyrrole nitrogens is 1. The third-order valence-electron chi connectivity index (χ3n) is 4.03. The maximum atomic E-state index is 10.8. The van der Waals surface area contributed by atoms with Crippen LogP contribution in [0.25, 0.3) is 10.9 Å². The van der Waals surface area contributed by atoms with Crippen LogP contribution in [0, 0.1) is 17.0 Å². The lowest BCUT2D eigenvalue weighted by Gasteiger charge is -2.06. The van der Waals surface area contributed by atoms with Crippen molar-refractivity contribution < 1.29 is 4.92 Å². The number of aryl methyl sites for hydroxylation is 1. The molecule has 1 heterocycles. The van der Waals surface area contributed by atoms with E-state index in [4.69, 9.17) is 0 Å². The predicted molar refractivity (Wildman–Crippen MR) is 91.5 cm³/mol. The lowest BCUT2D eigenvalue weighted by Crippen LogP contribution is -2.17. The van der Waals surface area contributed by atoms with Crippen molar-refractivity contribution in [1.29, 1.82) is 0 Å². The number of fused-ring (bicyclic) bond motifs is 1. The van der Waals surface area contributed by atoms with Crippen molar-refractivity contribution in [2.75, 3.05) is 6.54 Å². The molecule has 0 bridgehead atoms. The standard InChI is InChI=1S/C18H19N3O2/c1-13-16(17-7-2-3-8-18(17)20-13)9-10-19-12-14-5-4-6-15(11-14)21(22)23/h2-8,11,19-20H,9-10,12H2,1H3. The van der Waals surface area contributed by atoms with E-state index in [0.29, 0.717) is 6.54 Å². The van der Waals surface area contributed by atoms with Gasteiger partial charge in [-0.15, -0.1) is 0 Å². The first-order chi connectivity index (χ1) is 11.1. The number of benzene rings is 2. The summed E-state index contributed by atoms with van der Waals surface area (Å²) in [5.41, 5.74) is 4.75. The van der Waals surface area contributed by atoms with Gasteiger partial charge in [-0.05, 0) is 37.1 Å². The molecule has 0 amide bonds. The molecule has 0 radical (unpaired) electrons. The van der Waals surface area contributed by atoms with E-state index in [1.807, 2.05) is 12.1 Å². The number of aromatic nitrogens is 1. The number of hydrogen-bond donors (Lipinski definition) is 2. The van der Waals surface area contributed by atoms with Crippen LogP contribution in [-0.2, 0) is 13.0 Å². The van der Waals surface area contributed by atoms with Gasteiger partial charge in [0.2, 0.25) is 0 Å². The Morgan fingerprint density at radius 3 is 2.83 bits per heavy atom. The summed E-state index contributed by atoms with van der Waals surface area (Å²) in [7, 11) is 0. The van der Waals surface area contributed by atoms with Gasteiger partial charge in [0.05, 0.1) is 4.92 Å². The number of nitrogens with zero attached hydrogens (tertiary/aromatic N) is 1. The quantitative estimate of drug-likeness (QED) is 0.414. The third kappa shape index (κ3) is 3.40. The largest absolute Gasteiger partial charge is 0.358 e. The van der Waals surface area contributed by atoms with Gasteiger partial charge in [-0.1, -0.05) is 30.3 Å². The molecule has 2 N–H and O–H groups in total. The van der Waals surface area contributed by atoms with Gasteiger partial charge in [-0.25, -0.2) is 0 Å². The molecular formula is C18H19N3O2. The summed E-state index contributed by atoms with van der Waals surface area (Å²) in [6, 6.07) is 15.0. The van der Waals surface area contributed by atoms with Crippen LogP contribution < -0.4 is 5.32 Å². The normalized spacial score (nSPS) is 11.0. The van der Waals surface area contributed by atoms with E-state index in [0.717, 1.165) is 18.5 Å². The second kappa shape index (κ2) is 6.62. The molecule has 5 nitrogen and oxygen atoms in total. The zero-order chi connectivity index (χ0) is 16.2. The Morgan fingerprint density at radius 1 is 1.17 bits per heavy atom. The van der Waals surface area contributed by atoms with E-state index in [1.54, 1.807) is 12.1 Å². The summed E-state index contributed by atoms with van der Waals surface area (Å²) in [5, 5.41) is 15.4. The molecule has 3 rings (SSSR count). The van der Waals surface area contributed by atoms with Crippen molar-refractivity contribution in [1.82, 2.24) is 10.3 Å². The number of nitrogens with one attached hydrogen (secondary N) is 2. The fraction of sp³-hybridized carbons (Fsp3) is 0.222. The Hall–Kier alpha value is -2.66. The van der Waals surface area contributed by atoms with Gasteiger partial charge in [0.1, 0.15) is 0 Å². The van der Waals surface area contributed by atoms with Gasteiger partial charge in [0, 0.05) is 35.3 Å². The van der Waals surface area contributed by atoms with Crippen LogP contribution in [0.3, 0.4) is 0 Å². The van der Waals surface area contributed by atoms with Crippen LogP contribution in [0.4, 0.5) is 5.69 Å². The average molecular weight is 309 g/mol. The number of hydrogen-bond acceptors (Lipinski definition) is 3. The van der Waals surface area contributed by atoms with Gasteiger partial charge < -0.3 is 10.3 Å². The first-order valence-electron chi connectivity index (χ1n) is 7.65. The number of rotatable bonds is 6. The highest BCUT2D eigenvalue weighted by atomic mass is 16.6. The van der Waals surface area contributed by atoms with Crippen molar-refractivity contribution in [2.45, 2.75) is 19.9 Å². The molecule has 0 atom stereocenters. The number of nitro benzene ring substituents is 1. The Balaban J connectivity index is 1.60. The molecule has 23 heavy (non-hydrogen) atoms. The molecule has 0 aliphatic heterocycles. The van der Waals surface area contributed by atoms with Crippen molar-refractivity contribution in [3.63, 3.8) is 0 Å². The van der Waals surface area contributed by atoms with Crippen LogP contribution in [0.1, 0.15) is 16.8 Å². The molecule has 118 valence electrons. The highest BCUT2D eigenvalue weighted by Crippen LogP contribution is 2.22. The van der Waals surface area contributed by atoms with Gasteiger partial charge in [-0.3, -0.25) is 10.1 Å². The monoisotopic (exact) mass is 309 g/mol. The van der Waals surface area contributed by atoms with Gasteiger partial charge in [0.25, 0.3) is 5.69 Å². The minimum Gasteiger partial charge on any atom is -0.358 e. The summed E-state index contributed by atoms with van der Waals surface area (Å²) in [6.45, 7) is 3.55. The maximum Gasteiger partial charge on any atom is 0.269 e. The second-order valence-electron chi connectivity index (χ2n) is 5.63. The van der Waals surface area contributed by atoms with E-state index >= 15 is 0 Å². The minimum atomic E-state index is -0.362. The van der Waals surface area contributed by atoms with E-state index in [9.17, 15) is 10.1 Å². The van der Waals surface area contributed by atoms with Gasteiger partial charge >= 0.3 is 0 Å². The average Bonchev–Trinajstić information content (AvgIpc) is 2.87. The molecular weight excluding hydrogens is 290 g/mol. The first-order valence-corrected chi connectivity index (χ1v) is 7.65. The summed E-state index contributed by atoms with van der Waals surface area (Å²) in [6.07, 6.45) is 0.921. The van der Waals surface area contributed by atoms with E-state index in [2.05, 4.69) is 35.4 Å². The predicted octanol–water partition coefficient (Wildman–Crippen LogP) is 3.72. The molecule has 0 saturated carbocycles. The molecule has 0 saturated heterocycles. The lowest BCUT2D eigenvalue weighted by atomic mass is 10.1. The zero-order valence-corrected chi connectivity index (χ0v) is 13.0. The number of aromatic amines is 1. The molecule has 0 spiro atoms. The molecule has 0 unspecified atom stereocenters. The first kappa shape index (κ1) is 15.2. The molecule has 5 heteroatoms. The fourth-order valence-electron chi connectivity index (χ4n) is 2.88. The van der Waals surface area contributed by atoms with Crippen molar-refractivity contribution in [3.05, 3.63) is 75.5 Å². The van der Waals surface area contributed by atoms with Crippen molar-refractivity contribution in [2.24, 2.45) is 0 Å². The van der Waals surface area contributed by atoms with Crippen molar-refractivity contribution in [3.8, 4) is 0 Å². The van der Waals surface area contributed by atoms with Crippen LogP contribution in [0.2, 0.25) is 0 Å². The van der Waals surface area contributed by atoms with Gasteiger partial charge in [0.15, 0.2) is 0 Å². The molecule has 0 aliphatic rings. The van der Waals surface area contributed by atoms with Crippen LogP contribution in [-0.4, -0.2) is 16.5 Å². The fourth-order valence-corrected chi connectivity index (χ4v) is 2.88. The second-order valence-corrected chi connectivity index (χ2v) is 5.63. The van der Waals surface area contributed by atoms with Crippen LogP contribution in [0.15, 0.2) is 48.5 Å². The SMILES string of the molecule is Cc1[nH]c2ccccc2c1CCNCc1cccc([N+](=O)[O-])c1. The van der Waals surface area contributed by atoms with E-state index in [1.165, 1.54) is 28.2 Å². The van der Waals surface area contributed by atoms with E-state index in [-0.39, 0.29) is 10.6 Å². The van der Waals surface area contributed by atoms with Crippen molar-refractivity contribution >= 4 is 16.6 Å². The van der Waals surface area contributed by atoms with Gasteiger partial charge in [-0.2, -0.15) is 0 Å². The molecule has 0 aliphatic carbocycles. The third-order valence-corrected chi connectivity index (χ3v) is 4.03. The Morgan fingerprint density at radius 2 is 2.00 bits per heavy atom. The number of para-hydroxylation sites is 1. The number of non-ortho nitro benzene ring substituents is 1. The molecule has 1 aromatic heterocycles. The summed E-state index contributed by atoms with van der Waals surface area (Å²) in [4.78, 5) is 13.8. The van der Waals surface area contributed by atoms with Crippen LogP contribution >= 0.6 is 0 Å². The molecule has 2 aromatic carbocycles. The minimum absolute atomic E-state index is 0.136. The Kier molecular flexibility index (Phi) is 4.39. The van der Waals surface area contributed by atoms with Crippen LogP contribution in [0.5, 0.6) is 0 Å². The lowest BCUT2D eigenvalue weighted by molar-refractivity contribution is -0.384. The topological polar surface area (TPSA) is 71.0 Å². The number of nitro groups is 1. The summed E-state index contributed by atoms with van der Waals surface area (Å²) < 4.78 is 0. The Labute approximate surface area is 134 Å².